The average molecular weight is 632 g/mol. The van der Waals surface area contributed by atoms with Gasteiger partial charge in [-0.25, -0.2) is 4.79 Å². The Kier molecular flexibility index (Phi) is 14.8. The molecule has 1 aliphatic heterocycles. The van der Waals surface area contributed by atoms with Crippen LogP contribution in [0, 0.1) is 23.7 Å². The fourth-order valence-electron chi connectivity index (χ4n) is 4.93. The van der Waals surface area contributed by atoms with E-state index in [-0.39, 0.29) is 48.2 Å². The van der Waals surface area contributed by atoms with E-state index >= 15 is 0 Å². The van der Waals surface area contributed by atoms with E-state index in [0.29, 0.717) is 19.4 Å². The van der Waals surface area contributed by atoms with Gasteiger partial charge < -0.3 is 35.7 Å². The highest BCUT2D eigenvalue weighted by molar-refractivity contribution is 5.98. The van der Waals surface area contributed by atoms with Gasteiger partial charge in [0.15, 0.2) is 0 Å². The van der Waals surface area contributed by atoms with Crippen molar-refractivity contribution in [3.8, 4) is 0 Å². The van der Waals surface area contributed by atoms with Gasteiger partial charge in [0.05, 0.1) is 18.4 Å². The lowest BCUT2D eigenvalue weighted by molar-refractivity contribution is -0.137. The second-order valence-corrected chi connectivity index (χ2v) is 12.4. The van der Waals surface area contributed by atoms with Gasteiger partial charge in [0.25, 0.3) is 5.91 Å². The molecule has 2 rings (SSSR count). The highest BCUT2D eigenvalue weighted by Crippen LogP contribution is 2.18. The molecule has 250 valence electrons. The van der Waals surface area contributed by atoms with Gasteiger partial charge in [-0.2, -0.15) is 0 Å². The van der Waals surface area contributed by atoms with E-state index in [1.165, 1.54) is 30.7 Å². The molecule has 0 unspecified atom stereocenters. The Morgan fingerprint density at radius 3 is 2.13 bits per heavy atom. The van der Waals surface area contributed by atoms with Crippen molar-refractivity contribution in [3.05, 3.63) is 36.3 Å². The standard InChI is InChI=1S/C32H49N5O8/c1-8-45-25(38)10-9-23(16-21-11-13-33-28(21)39)34-30(41)24(15-18(2)3)35-31(42)26(19(4)5)37-32(43)27(20(6)7)36-29(40)22-12-14-44-17-22/h9-10,12,14,17-21,23-24,26-27H,8,11,13,15-16H2,1-7H3,(H,33,39)(H,34,41)(H,35,42)(H,36,40)(H,37,43)/b10-9-/t21-,23-,24+,26-,27+/m0/s1. The molecule has 2 heterocycles. The minimum Gasteiger partial charge on any atom is -0.472 e. The van der Waals surface area contributed by atoms with Crippen molar-refractivity contribution in [2.45, 2.75) is 91.9 Å². The zero-order valence-corrected chi connectivity index (χ0v) is 27.3. The lowest BCUT2D eigenvalue weighted by atomic mass is 9.96. The summed E-state index contributed by atoms with van der Waals surface area (Å²) >= 11 is 0. The lowest BCUT2D eigenvalue weighted by Gasteiger charge is -2.29. The zero-order valence-electron chi connectivity index (χ0n) is 27.3. The summed E-state index contributed by atoms with van der Waals surface area (Å²) in [5.74, 6) is -3.75. The van der Waals surface area contributed by atoms with Gasteiger partial charge in [-0.1, -0.05) is 47.6 Å². The Morgan fingerprint density at radius 1 is 0.956 bits per heavy atom. The molecule has 1 aromatic rings. The number of furan rings is 1. The Labute approximate surface area is 265 Å². The molecule has 1 saturated heterocycles. The van der Waals surface area contributed by atoms with Gasteiger partial charge in [0.2, 0.25) is 23.6 Å². The van der Waals surface area contributed by atoms with Crippen molar-refractivity contribution in [1.82, 2.24) is 26.6 Å². The van der Waals surface area contributed by atoms with Crippen LogP contribution in [0.25, 0.3) is 0 Å². The normalized spacial score (nSPS) is 17.5. The minimum absolute atomic E-state index is 0.0192. The Morgan fingerprint density at radius 2 is 1.60 bits per heavy atom. The van der Waals surface area contributed by atoms with Crippen LogP contribution in [0.1, 0.15) is 78.1 Å². The summed E-state index contributed by atoms with van der Waals surface area (Å²) in [7, 11) is 0. The molecule has 1 aliphatic rings. The Hall–Kier alpha value is -4.16. The molecule has 13 heteroatoms. The summed E-state index contributed by atoms with van der Waals surface area (Å²) in [6, 6.07) is -2.10. The maximum absolute atomic E-state index is 13.6. The molecular weight excluding hydrogens is 582 g/mol. The first kappa shape index (κ1) is 37.0. The predicted octanol–water partition coefficient (Wildman–Crippen LogP) is 1.84. The smallest absolute Gasteiger partial charge is 0.330 e. The van der Waals surface area contributed by atoms with Crippen molar-refractivity contribution in [3.63, 3.8) is 0 Å². The van der Waals surface area contributed by atoms with Crippen molar-refractivity contribution < 1.29 is 37.9 Å². The molecule has 1 aromatic heterocycles. The van der Waals surface area contributed by atoms with Gasteiger partial charge in [-0.15, -0.1) is 0 Å². The molecule has 0 aromatic carbocycles. The number of ether oxygens (including phenoxy) is 1. The number of amides is 5. The van der Waals surface area contributed by atoms with E-state index in [0.717, 1.165) is 0 Å². The Bertz CT molecular complexity index is 1190. The molecule has 5 N–H and O–H groups in total. The quantitative estimate of drug-likeness (QED) is 0.127. The average Bonchev–Trinajstić information content (AvgIpc) is 3.64. The fraction of sp³-hybridized carbons (Fsp3) is 0.625. The van der Waals surface area contributed by atoms with Gasteiger partial charge in [0.1, 0.15) is 24.4 Å². The number of esters is 1. The number of rotatable bonds is 17. The lowest BCUT2D eigenvalue weighted by Crippen LogP contribution is -2.59. The summed E-state index contributed by atoms with van der Waals surface area (Å²) in [6.45, 7) is 13.3. The monoisotopic (exact) mass is 631 g/mol. The van der Waals surface area contributed by atoms with Crippen LogP contribution in [0.4, 0.5) is 0 Å². The van der Waals surface area contributed by atoms with Gasteiger partial charge in [0, 0.05) is 24.6 Å². The maximum Gasteiger partial charge on any atom is 0.330 e. The second-order valence-electron chi connectivity index (χ2n) is 12.4. The van der Waals surface area contributed by atoms with Gasteiger partial charge >= 0.3 is 5.97 Å². The third kappa shape index (κ3) is 12.0. The van der Waals surface area contributed by atoms with Crippen molar-refractivity contribution >= 4 is 35.5 Å². The van der Waals surface area contributed by atoms with Crippen LogP contribution in [-0.2, 0) is 28.7 Å². The first-order valence-electron chi connectivity index (χ1n) is 15.6. The topological polar surface area (TPSA) is 185 Å². The molecule has 1 fully saturated rings. The predicted molar refractivity (Wildman–Crippen MR) is 166 cm³/mol. The van der Waals surface area contributed by atoms with Gasteiger partial charge in [-0.05, 0) is 50.0 Å². The molecule has 0 spiro atoms. The van der Waals surface area contributed by atoms with Crippen molar-refractivity contribution in [2.75, 3.05) is 13.2 Å². The molecule has 0 aliphatic carbocycles. The largest absolute Gasteiger partial charge is 0.472 e. The second kappa shape index (κ2) is 18.0. The van der Waals surface area contributed by atoms with E-state index in [2.05, 4.69) is 26.6 Å². The van der Waals surface area contributed by atoms with E-state index < -0.39 is 53.8 Å². The van der Waals surface area contributed by atoms with Crippen LogP contribution in [0.5, 0.6) is 0 Å². The first-order valence-corrected chi connectivity index (χ1v) is 15.6. The third-order valence-corrected chi connectivity index (χ3v) is 7.39. The number of hydrogen-bond donors (Lipinski definition) is 5. The summed E-state index contributed by atoms with van der Waals surface area (Å²) in [6.07, 6.45) is 6.50. The molecule has 13 nitrogen and oxygen atoms in total. The molecular formula is C32H49N5O8. The zero-order chi connectivity index (χ0) is 33.7. The highest BCUT2D eigenvalue weighted by atomic mass is 16.5. The van der Waals surface area contributed by atoms with E-state index in [4.69, 9.17) is 9.15 Å². The van der Waals surface area contributed by atoms with Crippen LogP contribution in [0.2, 0.25) is 0 Å². The van der Waals surface area contributed by atoms with E-state index in [9.17, 15) is 28.8 Å². The minimum atomic E-state index is -1.01. The summed E-state index contributed by atoms with van der Waals surface area (Å²) in [5.41, 5.74) is 0.262. The fourth-order valence-corrected chi connectivity index (χ4v) is 4.93. The van der Waals surface area contributed by atoms with E-state index in [1.807, 2.05) is 13.8 Å². The summed E-state index contributed by atoms with van der Waals surface area (Å²) in [5, 5.41) is 13.9. The first-order chi connectivity index (χ1) is 21.2. The van der Waals surface area contributed by atoms with Crippen molar-refractivity contribution in [1.29, 1.82) is 0 Å². The number of carbonyl (C=O) groups is 6. The molecule has 0 radical (unpaired) electrons. The summed E-state index contributed by atoms with van der Waals surface area (Å²) < 4.78 is 9.91. The number of hydrogen-bond acceptors (Lipinski definition) is 8. The molecule has 5 amide bonds. The van der Waals surface area contributed by atoms with Crippen molar-refractivity contribution in [2.24, 2.45) is 23.7 Å². The van der Waals surface area contributed by atoms with Crippen LogP contribution < -0.4 is 26.6 Å². The molecule has 0 bridgehead atoms. The summed E-state index contributed by atoms with van der Waals surface area (Å²) in [4.78, 5) is 77.3. The molecule has 0 saturated carbocycles. The van der Waals surface area contributed by atoms with E-state index in [1.54, 1.807) is 34.6 Å². The van der Waals surface area contributed by atoms with Crippen LogP contribution in [0.15, 0.2) is 35.2 Å². The Balaban J connectivity index is 2.19. The number of carbonyl (C=O) groups excluding carboxylic acids is 6. The SMILES string of the molecule is CCOC(=O)/C=C\[C@@H](C[C@@H]1CCNC1=O)NC(=O)[C@@H](CC(C)C)NC(=O)[C@@H](NC(=O)[C@H](NC(=O)c1ccoc1)C(C)C)C(C)C. The van der Waals surface area contributed by atoms with Crippen LogP contribution in [-0.4, -0.2) is 72.8 Å². The third-order valence-electron chi connectivity index (χ3n) is 7.39. The highest BCUT2D eigenvalue weighted by Gasteiger charge is 2.34. The molecule has 5 atom stereocenters. The van der Waals surface area contributed by atoms with Gasteiger partial charge in [-0.3, -0.25) is 24.0 Å². The van der Waals surface area contributed by atoms with Crippen LogP contribution in [0.3, 0.4) is 0 Å². The molecule has 45 heavy (non-hydrogen) atoms. The van der Waals surface area contributed by atoms with Crippen LogP contribution >= 0.6 is 0 Å². The maximum atomic E-state index is 13.6. The number of nitrogens with one attached hydrogen (secondary N) is 5.